The van der Waals surface area contributed by atoms with Crippen LogP contribution in [-0.2, 0) is 9.47 Å². The first-order valence-corrected chi connectivity index (χ1v) is 5.54. The zero-order valence-corrected chi connectivity index (χ0v) is 9.49. The van der Waals surface area contributed by atoms with Gasteiger partial charge >= 0.3 is 0 Å². The van der Waals surface area contributed by atoms with E-state index in [1.54, 1.807) is 7.11 Å². The van der Waals surface area contributed by atoms with Gasteiger partial charge in [0.2, 0.25) is 0 Å². The van der Waals surface area contributed by atoms with Gasteiger partial charge in [-0.2, -0.15) is 0 Å². The van der Waals surface area contributed by atoms with Gasteiger partial charge in [-0.3, -0.25) is 0 Å². The van der Waals surface area contributed by atoms with Gasteiger partial charge in [0.15, 0.2) is 5.79 Å². The lowest BCUT2D eigenvalue weighted by Crippen LogP contribution is -2.56. The fraction of sp³-hybridized carbons (Fsp3) is 0.833. The largest absolute Gasteiger partial charge is 0.388 e. The van der Waals surface area contributed by atoms with Gasteiger partial charge in [0.25, 0.3) is 0 Å². The molecule has 3 heteroatoms. The minimum Gasteiger partial charge on any atom is -0.388 e. The van der Waals surface area contributed by atoms with Crippen LogP contribution in [0.2, 0.25) is 0 Å². The molecular weight excluding hydrogens is 192 g/mol. The fourth-order valence-electron chi connectivity index (χ4n) is 4.07. The van der Waals surface area contributed by atoms with E-state index < -0.39 is 11.9 Å². The quantitative estimate of drug-likeness (QED) is 0.663. The fourth-order valence-corrected chi connectivity index (χ4v) is 4.07. The second-order valence-electron chi connectivity index (χ2n) is 5.72. The van der Waals surface area contributed by atoms with E-state index in [1.807, 2.05) is 6.08 Å². The molecule has 1 heterocycles. The molecule has 0 amide bonds. The maximum atomic E-state index is 10.1. The van der Waals surface area contributed by atoms with Crippen molar-refractivity contribution in [3.63, 3.8) is 0 Å². The van der Waals surface area contributed by atoms with Crippen LogP contribution in [0.25, 0.3) is 0 Å². The summed E-state index contributed by atoms with van der Waals surface area (Å²) in [6.07, 6.45) is 4.49. The highest BCUT2D eigenvalue weighted by atomic mass is 16.7. The van der Waals surface area contributed by atoms with Crippen LogP contribution in [0.1, 0.15) is 20.3 Å². The van der Waals surface area contributed by atoms with Gasteiger partial charge in [0.1, 0.15) is 0 Å². The van der Waals surface area contributed by atoms with Crippen molar-refractivity contribution in [1.82, 2.24) is 0 Å². The Kier molecular flexibility index (Phi) is 1.62. The molecule has 5 unspecified atom stereocenters. The van der Waals surface area contributed by atoms with E-state index >= 15 is 0 Å². The average molecular weight is 210 g/mol. The number of aliphatic hydroxyl groups excluding tert-OH is 1. The molecular formula is C12H18O3. The Balaban J connectivity index is 2.19. The maximum absolute atomic E-state index is 10.1. The molecule has 0 aromatic heterocycles. The second kappa shape index (κ2) is 2.47. The summed E-state index contributed by atoms with van der Waals surface area (Å²) >= 11 is 0. The van der Waals surface area contributed by atoms with Crippen molar-refractivity contribution in [2.75, 3.05) is 13.7 Å². The third-order valence-electron chi connectivity index (χ3n) is 4.79. The summed E-state index contributed by atoms with van der Waals surface area (Å²) in [6, 6.07) is 0. The van der Waals surface area contributed by atoms with Crippen LogP contribution in [0.5, 0.6) is 0 Å². The van der Waals surface area contributed by atoms with Gasteiger partial charge < -0.3 is 14.6 Å². The van der Waals surface area contributed by atoms with Crippen LogP contribution in [0.3, 0.4) is 0 Å². The van der Waals surface area contributed by atoms with Gasteiger partial charge in [-0.05, 0) is 6.42 Å². The SMILES string of the molecule is COC12OCC3(C)CC1(C)C(O)C=CC32. The molecule has 1 aliphatic heterocycles. The number of aliphatic hydroxyl groups is 1. The molecule has 1 saturated carbocycles. The van der Waals surface area contributed by atoms with Crippen molar-refractivity contribution in [2.45, 2.75) is 32.2 Å². The molecule has 0 aromatic carbocycles. The molecule has 2 fully saturated rings. The van der Waals surface area contributed by atoms with E-state index in [0.29, 0.717) is 0 Å². The third-order valence-corrected chi connectivity index (χ3v) is 4.79. The summed E-state index contributed by atoms with van der Waals surface area (Å²) in [5.41, 5.74) is -0.174. The predicted octanol–water partition coefficient (Wildman–Crippen LogP) is 1.32. The summed E-state index contributed by atoms with van der Waals surface area (Å²) in [7, 11) is 1.69. The minimum absolute atomic E-state index is 0.124. The zero-order chi connectivity index (χ0) is 10.9. The van der Waals surface area contributed by atoms with Crippen molar-refractivity contribution in [1.29, 1.82) is 0 Å². The topological polar surface area (TPSA) is 38.7 Å². The highest BCUT2D eigenvalue weighted by Crippen LogP contribution is 2.69. The Hall–Kier alpha value is -0.380. The number of rotatable bonds is 1. The third kappa shape index (κ3) is 0.811. The van der Waals surface area contributed by atoms with Gasteiger partial charge in [0.05, 0.1) is 18.1 Å². The Bertz CT molecular complexity index is 340. The molecule has 4 bridgehead atoms. The zero-order valence-electron chi connectivity index (χ0n) is 9.49. The summed E-state index contributed by atoms with van der Waals surface area (Å²) in [4.78, 5) is 0. The number of hydrogen-bond donors (Lipinski definition) is 1. The molecule has 2 aliphatic carbocycles. The van der Waals surface area contributed by atoms with Crippen LogP contribution >= 0.6 is 0 Å². The molecule has 1 saturated heterocycles. The molecule has 84 valence electrons. The normalized spacial score (nSPS) is 61.3. The summed E-state index contributed by atoms with van der Waals surface area (Å²) in [5, 5.41) is 10.1. The van der Waals surface area contributed by atoms with Crippen LogP contribution in [0.4, 0.5) is 0 Å². The smallest absolute Gasteiger partial charge is 0.182 e. The van der Waals surface area contributed by atoms with E-state index in [2.05, 4.69) is 19.9 Å². The Morgan fingerprint density at radius 3 is 2.73 bits per heavy atom. The van der Waals surface area contributed by atoms with E-state index in [0.717, 1.165) is 13.0 Å². The molecule has 0 radical (unpaired) electrons. The minimum atomic E-state index is -0.601. The molecule has 15 heavy (non-hydrogen) atoms. The first-order valence-electron chi connectivity index (χ1n) is 5.54. The van der Waals surface area contributed by atoms with Crippen LogP contribution < -0.4 is 0 Å². The Morgan fingerprint density at radius 1 is 1.40 bits per heavy atom. The Morgan fingerprint density at radius 2 is 2.13 bits per heavy atom. The molecule has 1 N–H and O–H groups in total. The highest BCUT2D eigenvalue weighted by molar-refractivity contribution is 5.28. The van der Waals surface area contributed by atoms with Crippen molar-refractivity contribution < 1.29 is 14.6 Å². The molecule has 3 nitrogen and oxygen atoms in total. The summed E-state index contributed by atoms with van der Waals surface area (Å²) in [6.45, 7) is 5.03. The summed E-state index contributed by atoms with van der Waals surface area (Å²) in [5.74, 6) is -0.320. The van der Waals surface area contributed by atoms with E-state index in [4.69, 9.17) is 9.47 Å². The van der Waals surface area contributed by atoms with Gasteiger partial charge in [0, 0.05) is 18.4 Å². The van der Waals surface area contributed by atoms with E-state index in [1.165, 1.54) is 0 Å². The lowest BCUT2D eigenvalue weighted by Gasteiger charge is -2.47. The molecule has 0 spiro atoms. The predicted molar refractivity (Wildman–Crippen MR) is 55.2 cm³/mol. The summed E-state index contributed by atoms with van der Waals surface area (Å²) < 4.78 is 11.6. The second-order valence-corrected chi connectivity index (χ2v) is 5.72. The van der Waals surface area contributed by atoms with Gasteiger partial charge in [-0.1, -0.05) is 26.0 Å². The van der Waals surface area contributed by atoms with Crippen LogP contribution in [0, 0.1) is 16.7 Å². The van der Waals surface area contributed by atoms with Crippen molar-refractivity contribution in [3.05, 3.63) is 12.2 Å². The Labute approximate surface area is 90.1 Å². The molecule has 3 aliphatic rings. The first kappa shape index (κ1) is 9.82. The average Bonchev–Trinajstić information content (AvgIpc) is 2.54. The van der Waals surface area contributed by atoms with Crippen molar-refractivity contribution in [2.24, 2.45) is 16.7 Å². The lowest BCUT2D eigenvalue weighted by atomic mass is 9.73. The van der Waals surface area contributed by atoms with Gasteiger partial charge in [-0.15, -0.1) is 0 Å². The van der Waals surface area contributed by atoms with Crippen molar-refractivity contribution >= 4 is 0 Å². The van der Waals surface area contributed by atoms with Gasteiger partial charge in [-0.25, -0.2) is 0 Å². The first-order chi connectivity index (χ1) is 6.98. The lowest BCUT2D eigenvalue weighted by molar-refractivity contribution is -0.292. The highest BCUT2D eigenvalue weighted by Gasteiger charge is 2.74. The van der Waals surface area contributed by atoms with Crippen LogP contribution in [0.15, 0.2) is 12.2 Å². The van der Waals surface area contributed by atoms with E-state index in [9.17, 15) is 5.11 Å². The molecule has 5 atom stereocenters. The number of ether oxygens (including phenoxy) is 2. The van der Waals surface area contributed by atoms with Crippen molar-refractivity contribution in [3.8, 4) is 0 Å². The van der Waals surface area contributed by atoms with Crippen LogP contribution in [-0.4, -0.2) is 30.7 Å². The molecule has 0 aromatic rings. The maximum Gasteiger partial charge on any atom is 0.182 e. The molecule has 3 rings (SSSR count). The number of hydrogen-bond acceptors (Lipinski definition) is 3. The number of methoxy groups -OCH3 is 1. The standard InChI is InChI=1S/C12H18O3/c1-10-6-11(2)9(13)5-4-8(10)12(11,14-3)15-7-10/h4-5,8-9,13H,6-7H2,1-3H3. The van der Waals surface area contributed by atoms with E-state index in [-0.39, 0.29) is 16.7 Å². The monoisotopic (exact) mass is 210 g/mol.